The first kappa shape index (κ1) is 13.0. The molecule has 0 bridgehead atoms. The molecule has 1 aliphatic heterocycles. The maximum Gasteiger partial charge on any atom is 0.242 e. The molecule has 1 aromatic heterocycles. The number of nitrogens with zero attached hydrogens (tertiary/aromatic N) is 2. The van der Waals surface area contributed by atoms with Gasteiger partial charge in [-0.1, -0.05) is 0 Å². The number of ether oxygens (including phenoxy) is 1. The van der Waals surface area contributed by atoms with E-state index in [1.54, 1.807) is 11.8 Å². The minimum atomic E-state index is -0.0306. The van der Waals surface area contributed by atoms with Crippen LogP contribution < -0.4 is 10.6 Å². The fraction of sp³-hybridized carbons (Fsp3) is 0.667. The van der Waals surface area contributed by atoms with E-state index in [0.717, 1.165) is 24.5 Å². The zero-order valence-electron chi connectivity index (χ0n) is 11.1. The third kappa shape index (κ3) is 2.88. The smallest absolute Gasteiger partial charge is 0.242 e. The van der Waals surface area contributed by atoms with Crippen LogP contribution in [0.2, 0.25) is 0 Å². The molecule has 2 atom stereocenters. The van der Waals surface area contributed by atoms with Crippen molar-refractivity contribution in [1.29, 1.82) is 0 Å². The molecule has 1 unspecified atom stereocenters. The predicted octanol–water partition coefficient (Wildman–Crippen LogP) is -0.397. The zero-order valence-corrected chi connectivity index (χ0v) is 11.1. The Bertz CT molecular complexity index is 430. The largest absolute Gasteiger partial charge is 0.378 e. The lowest BCUT2D eigenvalue weighted by Gasteiger charge is -2.18. The molecule has 100 valence electrons. The molecule has 0 saturated carbocycles. The van der Waals surface area contributed by atoms with E-state index >= 15 is 0 Å². The van der Waals surface area contributed by atoms with Crippen LogP contribution in [0.25, 0.3) is 0 Å². The van der Waals surface area contributed by atoms with Gasteiger partial charge in [-0.05, 0) is 19.9 Å². The van der Waals surface area contributed by atoms with Crippen LogP contribution in [0.3, 0.4) is 0 Å². The van der Waals surface area contributed by atoms with E-state index in [9.17, 15) is 4.79 Å². The number of methoxy groups -OCH3 is 1. The Kier molecular flexibility index (Phi) is 3.98. The van der Waals surface area contributed by atoms with Crippen LogP contribution in [-0.4, -0.2) is 48.0 Å². The number of aromatic nitrogens is 2. The Hall–Kier alpha value is -1.40. The Balaban J connectivity index is 1.91. The highest BCUT2D eigenvalue weighted by atomic mass is 16.5. The van der Waals surface area contributed by atoms with E-state index in [1.807, 2.05) is 19.9 Å². The van der Waals surface area contributed by atoms with Crippen molar-refractivity contribution in [3.05, 3.63) is 17.5 Å². The molecule has 1 aromatic rings. The van der Waals surface area contributed by atoms with Crippen molar-refractivity contribution in [2.24, 2.45) is 0 Å². The average Bonchev–Trinajstić information content (AvgIpc) is 2.86. The highest BCUT2D eigenvalue weighted by Gasteiger charge is 2.28. The second-order valence-corrected chi connectivity index (χ2v) is 4.69. The van der Waals surface area contributed by atoms with Gasteiger partial charge < -0.3 is 15.4 Å². The molecule has 6 nitrogen and oxygen atoms in total. The maximum atomic E-state index is 11.9. The molecular weight excluding hydrogens is 232 g/mol. The van der Waals surface area contributed by atoms with Gasteiger partial charge >= 0.3 is 0 Å². The summed E-state index contributed by atoms with van der Waals surface area (Å²) in [6.45, 7) is 5.65. The fourth-order valence-electron chi connectivity index (χ4n) is 2.27. The number of hydrogen-bond acceptors (Lipinski definition) is 4. The van der Waals surface area contributed by atoms with Crippen molar-refractivity contribution in [1.82, 2.24) is 20.4 Å². The van der Waals surface area contributed by atoms with E-state index < -0.39 is 0 Å². The summed E-state index contributed by atoms with van der Waals surface area (Å²) in [5.74, 6) is -0.0306. The monoisotopic (exact) mass is 252 g/mol. The van der Waals surface area contributed by atoms with Crippen LogP contribution in [0.1, 0.15) is 11.4 Å². The molecule has 0 radical (unpaired) electrons. The predicted molar refractivity (Wildman–Crippen MR) is 67.3 cm³/mol. The maximum absolute atomic E-state index is 11.9. The average molecular weight is 252 g/mol. The van der Waals surface area contributed by atoms with E-state index in [0.29, 0.717) is 0 Å². The summed E-state index contributed by atoms with van der Waals surface area (Å²) in [4.78, 5) is 11.9. The van der Waals surface area contributed by atoms with E-state index in [4.69, 9.17) is 4.74 Å². The molecule has 1 aliphatic rings. The number of aryl methyl sites for hydroxylation is 2. The highest BCUT2D eigenvalue weighted by Crippen LogP contribution is 2.05. The highest BCUT2D eigenvalue weighted by molar-refractivity contribution is 5.76. The first-order valence-electron chi connectivity index (χ1n) is 6.14. The number of nitrogens with one attached hydrogen (secondary N) is 2. The molecule has 2 N–H and O–H groups in total. The molecule has 1 fully saturated rings. The number of rotatable bonds is 4. The molecule has 0 spiro atoms. The van der Waals surface area contributed by atoms with Crippen LogP contribution in [0.5, 0.6) is 0 Å². The van der Waals surface area contributed by atoms with Crippen LogP contribution in [0.4, 0.5) is 0 Å². The van der Waals surface area contributed by atoms with Crippen molar-refractivity contribution in [3.63, 3.8) is 0 Å². The molecule has 1 saturated heterocycles. The number of hydrogen-bond donors (Lipinski definition) is 2. The Labute approximate surface area is 107 Å². The fourth-order valence-corrected chi connectivity index (χ4v) is 2.27. The number of amides is 1. The molecule has 0 aromatic carbocycles. The van der Waals surface area contributed by atoms with Gasteiger partial charge in [-0.3, -0.25) is 9.48 Å². The van der Waals surface area contributed by atoms with Crippen LogP contribution in [-0.2, 0) is 16.1 Å². The lowest BCUT2D eigenvalue weighted by atomic mass is 10.2. The first-order valence-corrected chi connectivity index (χ1v) is 6.14. The van der Waals surface area contributed by atoms with Gasteiger partial charge in [0, 0.05) is 25.9 Å². The lowest BCUT2D eigenvalue weighted by Crippen LogP contribution is -2.44. The Morgan fingerprint density at radius 2 is 2.39 bits per heavy atom. The quantitative estimate of drug-likeness (QED) is 0.765. The second-order valence-electron chi connectivity index (χ2n) is 4.69. The van der Waals surface area contributed by atoms with Gasteiger partial charge in [0.05, 0.1) is 17.8 Å². The normalized spacial score (nSPS) is 23.3. The van der Waals surface area contributed by atoms with Crippen LogP contribution in [0, 0.1) is 13.8 Å². The summed E-state index contributed by atoms with van der Waals surface area (Å²) < 4.78 is 7.02. The van der Waals surface area contributed by atoms with Crippen molar-refractivity contribution in [2.75, 3.05) is 20.2 Å². The lowest BCUT2D eigenvalue weighted by molar-refractivity contribution is -0.123. The van der Waals surface area contributed by atoms with Gasteiger partial charge in [-0.15, -0.1) is 0 Å². The van der Waals surface area contributed by atoms with Gasteiger partial charge in [0.1, 0.15) is 6.54 Å². The molecule has 1 amide bonds. The standard InChI is InChI=1S/C12H20N4O2/c1-8-4-9(2)16(15-8)7-12(17)14-10-5-13-6-11(10)18-3/h4,10-11,13H,5-7H2,1-3H3,(H,14,17)/t10?,11-/m0/s1. The summed E-state index contributed by atoms with van der Waals surface area (Å²) in [6, 6.07) is 2.00. The molecular formula is C12H20N4O2. The molecule has 0 aliphatic carbocycles. The molecule has 18 heavy (non-hydrogen) atoms. The minimum Gasteiger partial charge on any atom is -0.378 e. The van der Waals surface area contributed by atoms with Crippen molar-refractivity contribution in [3.8, 4) is 0 Å². The summed E-state index contributed by atoms with van der Waals surface area (Å²) in [5.41, 5.74) is 1.92. The van der Waals surface area contributed by atoms with E-state index in [1.165, 1.54) is 0 Å². The van der Waals surface area contributed by atoms with E-state index in [-0.39, 0.29) is 24.6 Å². The van der Waals surface area contributed by atoms with Crippen LogP contribution in [0.15, 0.2) is 6.07 Å². The summed E-state index contributed by atoms with van der Waals surface area (Å²) in [6.07, 6.45) is 0.0504. The Morgan fingerprint density at radius 3 is 3.00 bits per heavy atom. The SMILES string of the molecule is CO[C@H]1CNCC1NC(=O)Cn1nc(C)cc1C. The third-order valence-corrected chi connectivity index (χ3v) is 3.20. The van der Waals surface area contributed by atoms with Crippen molar-refractivity contribution >= 4 is 5.91 Å². The van der Waals surface area contributed by atoms with Gasteiger partial charge in [-0.2, -0.15) is 5.10 Å². The zero-order chi connectivity index (χ0) is 13.1. The topological polar surface area (TPSA) is 68.2 Å². The van der Waals surface area contributed by atoms with Gasteiger partial charge in [0.15, 0.2) is 0 Å². The van der Waals surface area contributed by atoms with Gasteiger partial charge in [0.2, 0.25) is 5.91 Å². The number of carbonyl (C=O) groups is 1. The molecule has 2 rings (SSSR count). The van der Waals surface area contributed by atoms with Crippen molar-refractivity contribution < 1.29 is 9.53 Å². The van der Waals surface area contributed by atoms with Crippen LogP contribution >= 0.6 is 0 Å². The molecule has 2 heterocycles. The molecule has 6 heteroatoms. The first-order chi connectivity index (χ1) is 8.60. The summed E-state index contributed by atoms with van der Waals surface area (Å²) in [7, 11) is 1.66. The Morgan fingerprint density at radius 1 is 1.61 bits per heavy atom. The summed E-state index contributed by atoms with van der Waals surface area (Å²) in [5, 5.41) is 10.4. The van der Waals surface area contributed by atoms with Crippen molar-refractivity contribution in [2.45, 2.75) is 32.5 Å². The summed E-state index contributed by atoms with van der Waals surface area (Å²) >= 11 is 0. The van der Waals surface area contributed by atoms with Gasteiger partial charge in [-0.25, -0.2) is 0 Å². The minimum absolute atomic E-state index is 0.0306. The van der Waals surface area contributed by atoms with E-state index in [2.05, 4.69) is 15.7 Å². The third-order valence-electron chi connectivity index (χ3n) is 3.20. The second kappa shape index (κ2) is 5.49. The van der Waals surface area contributed by atoms with Gasteiger partial charge in [0.25, 0.3) is 0 Å². The number of carbonyl (C=O) groups excluding carboxylic acids is 1.